The third kappa shape index (κ3) is 3.13. The zero-order valence-electron chi connectivity index (χ0n) is 14.8. The Balaban J connectivity index is 1.53. The number of benzene rings is 2. The molecule has 2 aromatic heterocycles. The van der Waals surface area contributed by atoms with Gasteiger partial charge in [0.25, 0.3) is 11.7 Å². The molecule has 1 amide bonds. The second kappa shape index (κ2) is 7.03. The molecule has 0 fully saturated rings. The number of halogens is 1. The molecule has 0 spiro atoms. The van der Waals surface area contributed by atoms with Crippen molar-refractivity contribution >= 4 is 22.6 Å². The molecule has 0 bridgehead atoms. The molecule has 28 heavy (non-hydrogen) atoms. The topological polar surface area (TPSA) is 106 Å². The highest BCUT2D eigenvalue weighted by Gasteiger charge is 2.23. The Morgan fingerprint density at radius 1 is 1.18 bits per heavy atom. The van der Waals surface area contributed by atoms with Crippen LogP contribution >= 0.6 is 0 Å². The van der Waals surface area contributed by atoms with E-state index < -0.39 is 17.5 Å². The van der Waals surface area contributed by atoms with E-state index in [0.717, 1.165) is 5.52 Å². The Kier molecular flexibility index (Phi) is 4.40. The van der Waals surface area contributed by atoms with Crippen LogP contribution in [0.4, 0.5) is 4.39 Å². The summed E-state index contributed by atoms with van der Waals surface area (Å²) < 4.78 is 14.7. The number of para-hydroxylation sites is 1. The van der Waals surface area contributed by atoms with Crippen molar-refractivity contribution in [2.45, 2.75) is 13.5 Å². The smallest absolute Gasteiger partial charge is 0.292 e. The van der Waals surface area contributed by atoms with Gasteiger partial charge in [-0.3, -0.25) is 9.59 Å². The molecule has 140 valence electrons. The first-order valence-corrected chi connectivity index (χ1v) is 8.47. The van der Waals surface area contributed by atoms with Crippen molar-refractivity contribution in [3.05, 3.63) is 71.4 Å². The summed E-state index contributed by atoms with van der Waals surface area (Å²) >= 11 is 0. The number of amides is 1. The summed E-state index contributed by atoms with van der Waals surface area (Å²) in [5, 5.41) is 14.4. The fourth-order valence-electron chi connectivity index (χ4n) is 3.05. The third-order valence-corrected chi connectivity index (χ3v) is 4.32. The Morgan fingerprint density at radius 3 is 2.82 bits per heavy atom. The second-order valence-corrected chi connectivity index (χ2v) is 6.17. The molecule has 4 rings (SSSR count). The summed E-state index contributed by atoms with van der Waals surface area (Å²) in [6.45, 7) is 1.65. The van der Waals surface area contributed by atoms with Gasteiger partial charge in [-0.1, -0.05) is 24.3 Å². The molecule has 0 radical (unpaired) electrons. The zero-order chi connectivity index (χ0) is 19.7. The molecular formula is C19H15FN6O2. The lowest BCUT2D eigenvalue weighted by Gasteiger charge is -2.06. The van der Waals surface area contributed by atoms with Crippen molar-refractivity contribution in [1.82, 2.24) is 30.5 Å². The Hall–Kier alpha value is -3.88. The number of H-pyrrole nitrogens is 1. The standard InChI is InChI=1S/C19H15FN6O2/c1-11-17(14-7-2-3-8-15(14)22-11)18(27)19(28)21-10-16-23-24-25-26(16)13-6-4-5-12(20)9-13/h2-9,22H,10H2,1H3,(H,21,28). The van der Waals surface area contributed by atoms with Crippen molar-refractivity contribution in [3.63, 3.8) is 0 Å². The number of nitrogens with zero attached hydrogens (tertiary/aromatic N) is 4. The number of aromatic nitrogens is 5. The molecule has 0 atom stereocenters. The van der Waals surface area contributed by atoms with Crippen LogP contribution in [-0.2, 0) is 11.3 Å². The van der Waals surface area contributed by atoms with Crippen LogP contribution in [-0.4, -0.2) is 36.9 Å². The predicted molar refractivity (Wildman–Crippen MR) is 98.3 cm³/mol. The molecule has 2 heterocycles. The van der Waals surface area contributed by atoms with Gasteiger partial charge in [-0.15, -0.1) is 5.10 Å². The van der Waals surface area contributed by atoms with Crippen LogP contribution in [0.5, 0.6) is 0 Å². The number of Topliss-reactive ketones (excluding diaryl/α,β-unsaturated/α-hetero) is 1. The molecule has 4 aromatic rings. The van der Waals surface area contributed by atoms with Crippen molar-refractivity contribution in [2.24, 2.45) is 0 Å². The van der Waals surface area contributed by atoms with Crippen LogP contribution in [0.2, 0.25) is 0 Å². The van der Waals surface area contributed by atoms with Gasteiger partial charge in [0.2, 0.25) is 0 Å². The van der Waals surface area contributed by atoms with E-state index in [-0.39, 0.29) is 12.4 Å². The summed E-state index contributed by atoms with van der Waals surface area (Å²) in [4.78, 5) is 28.2. The molecule has 0 aliphatic heterocycles. The number of nitrogens with one attached hydrogen (secondary N) is 2. The van der Waals surface area contributed by atoms with Crippen LogP contribution in [0.3, 0.4) is 0 Å². The first kappa shape index (κ1) is 17.5. The summed E-state index contributed by atoms with van der Waals surface area (Å²) in [6, 6.07) is 13.0. The maximum Gasteiger partial charge on any atom is 0.292 e. The largest absolute Gasteiger partial charge is 0.358 e. The van der Waals surface area contributed by atoms with Gasteiger partial charge in [0.05, 0.1) is 17.8 Å². The fourth-order valence-corrected chi connectivity index (χ4v) is 3.05. The number of aromatic amines is 1. The molecule has 9 heteroatoms. The van der Waals surface area contributed by atoms with Crippen LogP contribution in [0.15, 0.2) is 48.5 Å². The average Bonchev–Trinajstić information content (AvgIpc) is 3.28. The van der Waals surface area contributed by atoms with E-state index in [1.165, 1.54) is 22.9 Å². The number of fused-ring (bicyclic) bond motifs is 1. The number of ketones is 1. The molecule has 2 N–H and O–H groups in total. The van der Waals surface area contributed by atoms with Crippen LogP contribution < -0.4 is 5.32 Å². The number of aryl methyl sites for hydroxylation is 1. The molecule has 0 aliphatic rings. The SMILES string of the molecule is Cc1[nH]c2ccccc2c1C(=O)C(=O)NCc1nnnn1-c1cccc(F)c1. The fraction of sp³-hybridized carbons (Fsp3) is 0.105. The predicted octanol–water partition coefficient (Wildman–Crippen LogP) is 2.09. The number of carbonyl (C=O) groups is 2. The maximum atomic E-state index is 13.4. The van der Waals surface area contributed by atoms with Crippen LogP contribution in [0.1, 0.15) is 21.9 Å². The summed E-state index contributed by atoms with van der Waals surface area (Å²) in [5.74, 6) is -1.60. The van der Waals surface area contributed by atoms with E-state index in [2.05, 4.69) is 25.8 Å². The zero-order valence-corrected chi connectivity index (χ0v) is 14.8. The van der Waals surface area contributed by atoms with Crippen molar-refractivity contribution < 1.29 is 14.0 Å². The van der Waals surface area contributed by atoms with Gasteiger partial charge in [-0.05, 0) is 41.6 Å². The Labute approximate surface area is 158 Å². The van der Waals surface area contributed by atoms with Gasteiger partial charge in [-0.2, -0.15) is 4.68 Å². The van der Waals surface area contributed by atoms with Gasteiger partial charge >= 0.3 is 0 Å². The Morgan fingerprint density at radius 2 is 2.00 bits per heavy atom. The van der Waals surface area contributed by atoms with E-state index >= 15 is 0 Å². The number of hydrogen-bond donors (Lipinski definition) is 2. The second-order valence-electron chi connectivity index (χ2n) is 6.17. The average molecular weight is 378 g/mol. The van der Waals surface area contributed by atoms with Crippen LogP contribution in [0.25, 0.3) is 16.6 Å². The quantitative estimate of drug-likeness (QED) is 0.409. The molecule has 2 aromatic carbocycles. The van der Waals surface area contributed by atoms with Gasteiger partial charge in [0.1, 0.15) is 5.82 Å². The minimum Gasteiger partial charge on any atom is -0.358 e. The maximum absolute atomic E-state index is 13.4. The highest BCUT2D eigenvalue weighted by molar-refractivity contribution is 6.45. The van der Waals surface area contributed by atoms with Crippen molar-refractivity contribution in [3.8, 4) is 5.69 Å². The first-order valence-electron chi connectivity index (χ1n) is 8.47. The van der Waals surface area contributed by atoms with Gasteiger partial charge < -0.3 is 10.3 Å². The summed E-state index contributed by atoms with van der Waals surface area (Å²) in [7, 11) is 0. The number of carbonyl (C=O) groups excluding carboxylic acids is 2. The van der Waals surface area contributed by atoms with Gasteiger partial charge in [-0.25, -0.2) is 4.39 Å². The Bertz CT molecular complexity index is 1200. The van der Waals surface area contributed by atoms with E-state index in [0.29, 0.717) is 22.3 Å². The lowest BCUT2D eigenvalue weighted by Crippen LogP contribution is -2.31. The third-order valence-electron chi connectivity index (χ3n) is 4.32. The molecule has 8 nitrogen and oxygen atoms in total. The van der Waals surface area contributed by atoms with E-state index in [4.69, 9.17) is 0 Å². The van der Waals surface area contributed by atoms with E-state index in [1.807, 2.05) is 12.1 Å². The van der Waals surface area contributed by atoms with Crippen LogP contribution in [0, 0.1) is 12.7 Å². The first-order chi connectivity index (χ1) is 13.5. The van der Waals surface area contributed by atoms with Gasteiger partial charge in [0.15, 0.2) is 5.82 Å². The van der Waals surface area contributed by atoms with Gasteiger partial charge in [0, 0.05) is 16.6 Å². The van der Waals surface area contributed by atoms with Crippen molar-refractivity contribution in [2.75, 3.05) is 0 Å². The lowest BCUT2D eigenvalue weighted by molar-refractivity contribution is -0.117. The van der Waals surface area contributed by atoms with Crippen molar-refractivity contribution in [1.29, 1.82) is 0 Å². The highest BCUT2D eigenvalue weighted by atomic mass is 19.1. The molecule has 0 saturated carbocycles. The minimum absolute atomic E-state index is 0.0878. The highest BCUT2D eigenvalue weighted by Crippen LogP contribution is 2.22. The number of tetrazole rings is 1. The minimum atomic E-state index is -0.776. The number of hydrogen-bond acceptors (Lipinski definition) is 5. The summed E-state index contributed by atoms with van der Waals surface area (Å²) in [6.07, 6.45) is 0. The monoisotopic (exact) mass is 378 g/mol. The van der Waals surface area contributed by atoms with E-state index in [1.54, 1.807) is 25.1 Å². The number of rotatable bonds is 5. The molecular weight excluding hydrogens is 363 g/mol. The molecule has 0 saturated heterocycles. The summed E-state index contributed by atoms with van der Waals surface area (Å²) in [5.41, 5.74) is 2.14. The lowest BCUT2D eigenvalue weighted by atomic mass is 10.1. The molecule has 0 unspecified atom stereocenters. The van der Waals surface area contributed by atoms with E-state index in [9.17, 15) is 14.0 Å². The normalized spacial score (nSPS) is 10.9. The molecule has 0 aliphatic carbocycles.